The van der Waals surface area contributed by atoms with E-state index in [1.54, 1.807) is 42.0 Å². The molecule has 2 aliphatic rings. The van der Waals surface area contributed by atoms with Crippen LogP contribution in [0.2, 0.25) is 0 Å². The molecule has 7 heteroatoms. The van der Waals surface area contributed by atoms with Crippen molar-refractivity contribution in [2.24, 2.45) is 0 Å². The second-order valence-electron chi connectivity index (χ2n) is 5.65. The second kappa shape index (κ2) is 7.43. The molecule has 0 fully saturated rings. The summed E-state index contributed by atoms with van der Waals surface area (Å²) >= 11 is 0. The van der Waals surface area contributed by atoms with E-state index >= 15 is 0 Å². The average molecular weight is 372 g/mol. The number of rotatable bonds is 2. The highest BCUT2D eigenvalue weighted by atomic mass is 35.5. The molecule has 0 saturated heterocycles. The van der Waals surface area contributed by atoms with E-state index in [0.29, 0.717) is 11.5 Å². The van der Waals surface area contributed by atoms with E-state index in [-0.39, 0.29) is 29.2 Å². The van der Waals surface area contributed by atoms with Crippen LogP contribution in [0.4, 0.5) is 0 Å². The van der Waals surface area contributed by atoms with Gasteiger partial charge in [-0.1, -0.05) is 30.3 Å². The van der Waals surface area contributed by atoms with Gasteiger partial charge in [-0.2, -0.15) is 0 Å². The molecule has 6 nitrogen and oxygen atoms in total. The molecule has 0 aliphatic carbocycles. The number of aromatic hydroxyl groups is 1. The minimum absolute atomic E-state index is 0. The van der Waals surface area contributed by atoms with E-state index in [1.165, 1.54) is 0 Å². The maximum absolute atomic E-state index is 12.4. The minimum atomic E-state index is -0.129. The van der Waals surface area contributed by atoms with Crippen LogP contribution in [0, 0.1) is 6.92 Å². The Morgan fingerprint density at radius 2 is 1.65 bits per heavy atom. The minimum Gasteiger partial charge on any atom is -0.508 e. The Kier molecular flexibility index (Phi) is 5.50. The predicted molar refractivity (Wildman–Crippen MR) is 104 cm³/mol. The molecule has 4 rings (SSSR count). The molecule has 2 aliphatic heterocycles. The fourth-order valence-corrected chi connectivity index (χ4v) is 2.77. The van der Waals surface area contributed by atoms with E-state index in [4.69, 9.17) is 0 Å². The highest BCUT2D eigenvalue weighted by Gasteiger charge is 2.18. The number of hydrogen-bond acceptors (Lipinski definition) is 3. The number of fused-ring (bicyclic) bond motifs is 1. The number of halogens is 1. The van der Waals surface area contributed by atoms with Crippen molar-refractivity contribution >= 4 is 12.4 Å². The fraction of sp³-hybridized carbons (Fsp3) is 0.0526. The Balaban J connectivity index is 0.00000121. The molecule has 0 unspecified atom stereocenters. The quantitative estimate of drug-likeness (QED) is 0.566. The third kappa shape index (κ3) is 3.20. The van der Waals surface area contributed by atoms with Crippen molar-refractivity contribution in [3.05, 3.63) is 76.8 Å². The zero-order chi connectivity index (χ0) is 16.7. The van der Waals surface area contributed by atoms with Crippen molar-refractivity contribution in [1.29, 1.82) is 0 Å². The van der Waals surface area contributed by atoms with Gasteiger partial charge >= 0.3 is 0 Å². The highest BCUT2D eigenvalue weighted by Crippen LogP contribution is 2.29. The van der Waals surface area contributed by atoms with E-state index in [0.717, 1.165) is 22.5 Å². The Bertz CT molecular complexity index is 1040. The molecule has 2 heterocycles. The number of nitrogens with zero attached hydrogens (tertiary/aromatic N) is 2. The van der Waals surface area contributed by atoms with Crippen LogP contribution >= 0.6 is 12.4 Å². The van der Waals surface area contributed by atoms with Gasteiger partial charge in [-0.25, -0.2) is 4.98 Å². The van der Waals surface area contributed by atoms with Gasteiger partial charge in [0.05, 0.1) is 11.4 Å². The molecular weight excluding hydrogens is 354 g/mol. The normalized spacial score (nSPS) is 10.2. The van der Waals surface area contributed by atoms with Crippen LogP contribution in [-0.4, -0.2) is 25.1 Å². The van der Waals surface area contributed by atoms with Crippen molar-refractivity contribution in [2.45, 2.75) is 6.92 Å². The molecule has 0 amide bonds. The third-order valence-corrected chi connectivity index (χ3v) is 4.01. The van der Waals surface area contributed by atoms with Gasteiger partial charge in [0.2, 0.25) is 0 Å². The van der Waals surface area contributed by atoms with Crippen LogP contribution in [0.15, 0.2) is 65.6 Å². The molecule has 0 aromatic heterocycles. The van der Waals surface area contributed by atoms with Gasteiger partial charge in [0.25, 0.3) is 5.56 Å². The maximum atomic E-state index is 12.4. The van der Waals surface area contributed by atoms with Gasteiger partial charge < -0.3 is 15.6 Å². The lowest BCUT2D eigenvalue weighted by molar-refractivity contribution is 0.475. The topological polar surface area (TPSA) is 102 Å². The molecule has 2 aromatic rings. The summed E-state index contributed by atoms with van der Waals surface area (Å²) in [5.74, 6) is 0.765. The van der Waals surface area contributed by atoms with Crippen LogP contribution in [0.25, 0.3) is 28.3 Å². The highest BCUT2D eigenvalue weighted by molar-refractivity contribution is 5.85. The lowest BCUT2D eigenvalue weighted by Crippen LogP contribution is -2.15. The summed E-state index contributed by atoms with van der Waals surface area (Å²) in [7, 11) is 0. The summed E-state index contributed by atoms with van der Waals surface area (Å²) in [5.41, 5.74) is 3.71. The van der Waals surface area contributed by atoms with Crippen molar-refractivity contribution in [1.82, 2.24) is 14.5 Å². The Hall–Kier alpha value is -3.09. The fourth-order valence-electron chi connectivity index (χ4n) is 2.77. The summed E-state index contributed by atoms with van der Waals surface area (Å²) in [6.45, 7) is 1.71. The van der Waals surface area contributed by atoms with Crippen LogP contribution in [-0.2, 0) is 0 Å². The first kappa shape index (κ1) is 19.2. The van der Waals surface area contributed by atoms with E-state index < -0.39 is 0 Å². The number of imidazole rings is 1. The van der Waals surface area contributed by atoms with Gasteiger partial charge in [-0.05, 0) is 36.8 Å². The first-order chi connectivity index (χ1) is 11.6. The Labute approximate surface area is 155 Å². The number of phenols is 1. The maximum Gasteiger partial charge on any atom is 0.277 e. The SMILES string of the molecule is Cc1nc2c(-c3ccc(O)cc3)[nH]c(-c3ccccc3)cn-2c1=O.Cl.O. The second-order valence-corrected chi connectivity index (χ2v) is 5.65. The van der Waals surface area contributed by atoms with Crippen molar-refractivity contribution < 1.29 is 10.6 Å². The number of H-pyrrole nitrogens is 1. The predicted octanol–water partition coefficient (Wildman–Crippen LogP) is 2.94. The number of nitrogens with one attached hydrogen (secondary N) is 1. The van der Waals surface area contributed by atoms with Gasteiger partial charge in [-0.3, -0.25) is 9.36 Å². The molecule has 0 bridgehead atoms. The lowest BCUT2D eigenvalue weighted by Gasteiger charge is -2.13. The molecule has 0 spiro atoms. The largest absolute Gasteiger partial charge is 0.508 e. The number of aromatic nitrogens is 3. The first-order valence-electron chi connectivity index (χ1n) is 7.60. The zero-order valence-corrected chi connectivity index (χ0v) is 14.7. The molecule has 134 valence electrons. The molecular formula is C19H18ClN3O3. The van der Waals surface area contributed by atoms with Crippen LogP contribution in [0.5, 0.6) is 5.75 Å². The van der Waals surface area contributed by atoms with Crippen molar-refractivity contribution in [3.63, 3.8) is 0 Å². The number of aromatic amines is 1. The standard InChI is InChI=1S/C19H15N3O2.ClH.H2O/c1-12-19(24)22-11-16(13-5-3-2-4-6-13)21-17(18(22)20-12)14-7-9-15(23)10-8-14;;/h2-11,21,23H,1H3;1H;1H2. The third-order valence-electron chi connectivity index (χ3n) is 4.01. The molecule has 2 aromatic carbocycles. The number of hydrogen-bond donors (Lipinski definition) is 2. The van der Waals surface area contributed by atoms with Gasteiger partial charge in [0.1, 0.15) is 11.4 Å². The molecule has 0 radical (unpaired) electrons. The molecule has 0 saturated carbocycles. The monoisotopic (exact) mass is 371 g/mol. The number of aryl methyl sites for hydroxylation is 1. The van der Waals surface area contributed by atoms with Gasteiger partial charge in [0, 0.05) is 11.8 Å². The number of phenolic OH excluding ortho intramolecular Hbond substituents is 1. The van der Waals surface area contributed by atoms with E-state index in [2.05, 4.69) is 9.97 Å². The van der Waals surface area contributed by atoms with Gasteiger partial charge in [0.15, 0.2) is 5.82 Å². The summed E-state index contributed by atoms with van der Waals surface area (Å²) in [6.07, 6.45) is 1.77. The smallest absolute Gasteiger partial charge is 0.277 e. The summed E-state index contributed by atoms with van der Waals surface area (Å²) in [6, 6.07) is 16.6. The van der Waals surface area contributed by atoms with Crippen LogP contribution < -0.4 is 5.56 Å². The Morgan fingerprint density at radius 3 is 2.31 bits per heavy atom. The van der Waals surface area contributed by atoms with Gasteiger partial charge in [-0.15, -0.1) is 12.4 Å². The van der Waals surface area contributed by atoms with E-state index in [1.807, 2.05) is 30.3 Å². The lowest BCUT2D eigenvalue weighted by atomic mass is 10.1. The average Bonchev–Trinajstić information content (AvgIpc) is 2.90. The summed E-state index contributed by atoms with van der Waals surface area (Å²) < 4.78 is 1.57. The first-order valence-corrected chi connectivity index (χ1v) is 7.60. The Morgan fingerprint density at radius 1 is 1.00 bits per heavy atom. The van der Waals surface area contributed by atoms with Crippen molar-refractivity contribution in [2.75, 3.05) is 0 Å². The summed E-state index contributed by atoms with van der Waals surface area (Å²) in [5, 5.41) is 9.52. The zero-order valence-electron chi connectivity index (χ0n) is 13.9. The van der Waals surface area contributed by atoms with Crippen LogP contribution in [0.1, 0.15) is 5.69 Å². The molecule has 26 heavy (non-hydrogen) atoms. The van der Waals surface area contributed by atoms with E-state index in [9.17, 15) is 9.90 Å². The molecule has 0 atom stereocenters. The summed E-state index contributed by atoms with van der Waals surface area (Å²) in [4.78, 5) is 20.2. The number of benzene rings is 2. The molecule has 4 N–H and O–H groups in total. The van der Waals surface area contributed by atoms with Crippen molar-refractivity contribution in [3.8, 4) is 34.1 Å². The van der Waals surface area contributed by atoms with Crippen LogP contribution in [0.3, 0.4) is 0 Å².